The maximum atomic E-state index is 12.3. The van der Waals surface area contributed by atoms with E-state index >= 15 is 0 Å². The first-order valence-electron chi connectivity index (χ1n) is 8.24. The van der Waals surface area contributed by atoms with Gasteiger partial charge < -0.3 is 9.80 Å². The molecule has 2 aromatic heterocycles. The van der Waals surface area contributed by atoms with E-state index in [0.29, 0.717) is 12.5 Å². The second kappa shape index (κ2) is 6.41. The molecule has 23 heavy (non-hydrogen) atoms. The fourth-order valence-corrected chi connectivity index (χ4v) is 4.13. The van der Waals surface area contributed by atoms with Crippen molar-refractivity contribution in [2.75, 3.05) is 50.7 Å². The lowest BCUT2D eigenvalue weighted by atomic mass is 10.2. The number of carbonyl (C=O) groups excluding carboxylic acids is 1. The lowest BCUT2D eigenvalue weighted by Crippen LogP contribution is -2.50. The van der Waals surface area contributed by atoms with Crippen molar-refractivity contribution in [1.82, 2.24) is 19.8 Å². The maximum Gasteiger partial charge on any atom is 0.236 e. The summed E-state index contributed by atoms with van der Waals surface area (Å²) in [5, 5.41) is 3.20. The van der Waals surface area contributed by atoms with E-state index in [-0.39, 0.29) is 0 Å². The van der Waals surface area contributed by atoms with Gasteiger partial charge in [-0.3, -0.25) is 9.69 Å². The van der Waals surface area contributed by atoms with Gasteiger partial charge in [-0.1, -0.05) is 0 Å². The van der Waals surface area contributed by atoms with Crippen molar-refractivity contribution in [3.8, 4) is 0 Å². The molecular formula is C16H21N5OS. The van der Waals surface area contributed by atoms with Crippen LogP contribution in [-0.2, 0) is 4.79 Å². The van der Waals surface area contributed by atoms with Crippen molar-refractivity contribution < 1.29 is 4.79 Å². The average molecular weight is 331 g/mol. The fraction of sp³-hybridized carbons (Fsp3) is 0.562. The molecule has 2 saturated heterocycles. The molecular weight excluding hydrogens is 310 g/mol. The van der Waals surface area contributed by atoms with Crippen molar-refractivity contribution >= 4 is 33.3 Å². The van der Waals surface area contributed by atoms with Gasteiger partial charge in [-0.05, 0) is 24.3 Å². The number of nitrogens with zero attached hydrogens (tertiary/aromatic N) is 5. The van der Waals surface area contributed by atoms with Gasteiger partial charge >= 0.3 is 0 Å². The Morgan fingerprint density at radius 3 is 2.65 bits per heavy atom. The van der Waals surface area contributed by atoms with Gasteiger partial charge in [0.2, 0.25) is 5.91 Å². The second-order valence-electron chi connectivity index (χ2n) is 6.19. The lowest BCUT2D eigenvalue weighted by Gasteiger charge is -2.35. The van der Waals surface area contributed by atoms with Gasteiger partial charge in [-0.15, -0.1) is 11.3 Å². The van der Waals surface area contributed by atoms with E-state index in [4.69, 9.17) is 0 Å². The Morgan fingerprint density at radius 1 is 1.09 bits per heavy atom. The first kappa shape index (κ1) is 14.8. The molecule has 2 aromatic rings. The predicted octanol–water partition coefficient (Wildman–Crippen LogP) is 1.44. The highest BCUT2D eigenvalue weighted by Gasteiger charge is 2.24. The van der Waals surface area contributed by atoms with Gasteiger partial charge in [0.25, 0.3) is 0 Å². The molecule has 4 heterocycles. The minimum atomic E-state index is 0.290. The first-order valence-corrected chi connectivity index (χ1v) is 9.12. The Bertz CT molecular complexity index is 689. The highest BCUT2D eigenvalue weighted by Crippen LogP contribution is 2.27. The third kappa shape index (κ3) is 3.03. The molecule has 2 aliphatic rings. The van der Waals surface area contributed by atoms with E-state index in [2.05, 4.69) is 31.2 Å². The Morgan fingerprint density at radius 2 is 1.87 bits per heavy atom. The number of carbonyl (C=O) groups is 1. The summed E-state index contributed by atoms with van der Waals surface area (Å²) in [4.78, 5) is 28.7. The van der Waals surface area contributed by atoms with Gasteiger partial charge in [-0.2, -0.15) is 0 Å². The van der Waals surface area contributed by atoms with Gasteiger partial charge in [0.15, 0.2) is 0 Å². The van der Waals surface area contributed by atoms with Crippen molar-refractivity contribution in [3.63, 3.8) is 0 Å². The maximum absolute atomic E-state index is 12.3. The van der Waals surface area contributed by atoms with Crippen LogP contribution in [0.5, 0.6) is 0 Å². The fourth-order valence-electron chi connectivity index (χ4n) is 3.40. The second-order valence-corrected chi connectivity index (χ2v) is 7.08. The summed E-state index contributed by atoms with van der Waals surface area (Å²) >= 11 is 1.65. The van der Waals surface area contributed by atoms with Crippen molar-refractivity contribution in [2.45, 2.75) is 12.8 Å². The molecule has 0 aromatic carbocycles. The number of anilines is 1. The summed E-state index contributed by atoms with van der Waals surface area (Å²) in [5.74, 6) is 1.32. The van der Waals surface area contributed by atoms with Crippen molar-refractivity contribution in [2.24, 2.45) is 0 Å². The van der Waals surface area contributed by atoms with E-state index < -0.39 is 0 Å². The van der Waals surface area contributed by atoms with Crippen LogP contribution in [0, 0.1) is 0 Å². The molecule has 0 N–H and O–H groups in total. The minimum absolute atomic E-state index is 0.290. The van der Waals surface area contributed by atoms with Crippen LogP contribution >= 0.6 is 11.3 Å². The number of hydrogen-bond acceptors (Lipinski definition) is 6. The number of amides is 1. The van der Waals surface area contributed by atoms with Gasteiger partial charge in [0, 0.05) is 39.3 Å². The molecule has 0 radical (unpaired) electrons. The van der Waals surface area contributed by atoms with Crippen LogP contribution in [0.15, 0.2) is 17.8 Å². The number of likely N-dealkylation sites (tertiary alicyclic amines) is 1. The number of piperazine rings is 1. The van der Waals surface area contributed by atoms with Crippen LogP contribution in [0.25, 0.3) is 10.2 Å². The Kier molecular flexibility index (Phi) is 4.13. The molecule has 0 atom stereocenters. The summed E-state index contributed by atoms with van der Waals surface area (Å²) in [7, 11) is 0. The average Bonchev–Trinajstić information content (AvgIpc) is 3.26. The predicted molar refractivity (Wildman–Crippen MR) is 91.9 cm³/mol. The molecule has 2 aliphatic heterocycles. The Labute approximate surface area is 139 Å². The van der Waals surface area contributed by atoms with E-state index in [9.17, 15) is 4.79 Å². The summed E-state index contributed by atoms with van der Waals surface area (Å²) < 4.78 is 0. The number of hydrogen-bond donors (Lipinski definition) is 0. The molecule has 0 spiro atoms. The van der Waals surface area contributed by atoms with E-state index in [0.717, 1.165) is 68.1 Å². The third-order valence-corrected chi connectivity index (χ3v) is 5.55. The van der Waals surface area contributed by atoms with Gasteiger partial charge in [-0.25, -0.2) is 9.97 Å². The Balaban J connectivity index is 1.37. The zero-order chi connectivity index (χ0) is 15.6. The topological polar surface area (TPSA) is 52.6 Å². The summed E-state index contributed by atoms with van der Waals surface area (Å²) in [6.07, 6.45) is 3.96. The number of thiophene rings is 1. The largest absolute Gasteiger partial charge is 0.353 e. The number of fused-ring (bicyclic) bond motifs is 1. The van der Waals surface area contributed by atoms with Crippen molar-refractivity contribution in [3.05, 3.63) is 17.8 Å². The van der Waals surface area contributed by atoms with Crippen LogP contribution in [-0.4, -0.2) is 71.5 Å². The molecule has 0 unspecified atom stereocenters. The summed E-state index contributed by atoms with van der Waals surface area (Å²) in [6, 6.07) is 2.10. The molecule has 6 nitrogen and oxygen atoms in total. The zero-order valence-electron chi connectivity index (χ0n) is 13.1. The smallest absolute Gasteiger partial charge is 0.236 e. The van der Waals surface area contributed by atoms with Crippen LogP contribution in [0.4, 0.5) is 5.82 Å². The van der Waals surface area contributed by atoms with E-state index in [1.807, 2.05) is 4.90 Å². The molecule has 0 aliphatic carbocycles. The van der Waals surface area contributed by atoms with Crippen LogP contribution < -0.4 is 4.90 Å². The highest BCUT2D eigenvalue weighted by atomic mass is 32.1. The zero-order valence-corrected chi connectivity index (χ0v) is 14.0. The highest BCUT2D eigenvalue weighted by molar-refractivity contribution is 7.16. The van der Waals surface area contributed by atoms with E-state index in [1.165, 1.54) is 0 Å². The Hall–Kier alpha value is -1.73. The first-order chi connectivity index (χ1) is 11.3. The summed E-state index contributed by atoms with van der Waals surface area (Å²) in [6.45, 7) is 6.09. The monoisotopic (exact) mass is 331 g/mol. The van der Waals surface area contributed by atoms with Crippen LogP contribution in [0.3, 0.4) is 0 Å². The van der Waals surface area contributed by atoms with Crippen molar-refractivity contribution in [1.29, 1.82) is 0 Å². The van der Waals surface area contributed by atoms with Crippen LogP contribution in [0.1, 0.15) is 12.8 Å². The molecule has 7 heteroatoms. The van der Waals surface area contributed by atoms with Gasteiger partial charge in [0.1, 0.15) is 17.0 Å². The molecule has 0 saturated carbocycles. The number of aromatic nitrogens is 2. The molecule has 4 rings (SSSR count). The standard InChI is InChI=1S/C16H21N5OS/c22-14(20-4-1-2-5-20)11-19-6-8-21(9-7-19)15-13-3-10-23-16(13)18-12-17-15/h3,10,12H,1-2,4-9,11H2. The molecule has 122 valence electrons. The molecule has 1 amide bonds. The van der Waals surface area contributed by atoms with Crippen LogP contribution in [0.2, 0.25) is 0 Å². The third-order valence-electron chi connectivity index (χ3n) is 4.73. The SMILES string of the molecule is O=C(CN1CCN(c2ncnc3sccc23)CC1)N1CCCC1. The van der Waals surface area contributed by atoms with E-state index in [1.54, 1.807) is 17.7 Å². The minimum Gasteiger partial charge on any atom is -0.353 e. The number of rotatable bonds is 3. The molecule has 2 fully saturated rings. The lowest BCUT2D eigenvalue weighted by molar-refractivity contribution is -0.131. The molecule has 0 bridgehead atoms. The quantitative estimate of drug-likeness (QED) is 0.852. The normalized spacial score (nSPS) is 19.7. The van der Waals surface area contributed by atoms with Gasteiger partial charge in [0.05, 0.1) is 11.9 Å². The summed E-state index contributed by atoms with van der Waals surface area (Å²) in [5.41, 5.74) is 0.